The summed E-state index contributed by atoms with van der Waals surface area (Å²) < 4.78 is 6.96. The topological polar surface area (TPSA) is 117 Å². The molecule has 33 heavy (non-hydrogen) atoms. The second-order valence-corrected chi connectivity index (χ2v) is 8.68. The van der Waals surface area contributed by atoms with Crippen LogP contribution < -0.4 is 5.32 Å². The van der Waals surface area contributed by atoms with Crippen LogP contribution in [0.2, 0.25) is 0 Å². The number of carbonyl (C=O) groups excluding carboxylic acids is 3. The lowest BCUT2D eigenvalue weighted by Gasteiger charge is -2.34. The Morgan fingerprint density at radius 3 is 2.61 bits per heavy atom. The number of para-hydroxylation sites is 1. The molecule has 1 spiro atoms. The summed E-state index contributed by atoms with van der Waals surface area (Å²) in [6, 6.07) is 10.8. The highest BCUT2D eigenvalue weighted by molar-refractivity contribution is 6.08. The fourth-order valence-electron chi connectivity index (χ4n) is 4.70. The summed E-state index contributed by atoms with van der Waals surface area (Å²) in [4.78, 5) is 39.0. The van der Waals surface area contributed by atoms with Gasteiger partial charge in [0.15, 0.2) is 0 Å². The molecule has 1 aromatic heterocycles. The van der Waals surface area contributed by atoms with Gasteiger partial charge in [0.1, 0.15) is 30.3 Å². The van der Waals surface area contributed by atoms with Gasteiger partial charge in [-0.25, -0.2) is 9.48 Å². The number of nitrogens with zero attached hydrogens (tertiary/aromatic N) is 4. The molecule has 1 aliphatic heterocycles. The van der Waals surface area contributed by atoms with E-state index in [0.717, 1.165) is 29.8 Å². The molecule has 4 rings (SSSR count). The van der Waals surface area contributed by atoms with Gasteiger partial charge in [-0.05, 0) is 50.7 Å². The van der Waals surface area contributed by atoms with Gasteiger partial charge in [-0.2, -0.15) is 10.4 Å². The third-order valence-electron chi connectivity index (χ3n) is 6.71. The molecule has 1 aromatic carbocycles. The number of rotatable bonds is 6. The minimum absolute atomic E-state index is 0.204. The second kappa shape index (κ2) is 9.06. The van der Waals surface area contributed by atoms with Gasteiger partial charge in [-0.3, -0.25) is 14.5 Å². The molecule has 1 saturated carbocycles. The number of aryl methyl sites for hydroxylation is 1. The minimum atomic E-state index is -0.903. The van der Waals surface area contributed by atoms with Gasteiger partial charge in [0, 0.05) is 0 Å². The van der Waals surface area contributed by atoms with Gasteiger partial charge in [0.05, 0.1) is 17.1 Å². The maximum absolute atomic E-state index is 13.0. The van der Waals surface area contributed by atoms with Crippen LogP contribution in [0.4, 0.5) is 4.79 Å². The van der Waals surface area contributed by atoms with Crippen LogP contribution >= 0.6 is 0 Å². The quantitative estimate of drug-likeness (QED) is 0.535. The summed E-state index contributed by atoms with van der Waals surface area (Å²) in [7, 11) is 0. The number of imide groups is 1. The van der Waals surface area contributed by atoms with E-state index in [-0.39, 0.29) is 12.5 Å². The summed E-state index contributed by atoms with van der Waals surface area (Å²) in [5.74, 6) is -0.520. The predicted molar refractivity (Wildman–Crippen MR) is 118 cm³/mol. The van der Waals surface area contributed by atoms with Gasteiger partial charge >= 0.3 is 12.0 Å². The number of nitriles is 1. The van der Waals surface area contributed by atoms with Crippen molar-refractivity contribution >= 4 is 17.9 Å². The standard InChI is InChI=1S/C24H27N5O4/c1-3-17-9-11-24(12-10-17)22(31)28(23(32)26-24)14-21(30)33-15-20-19(13-25)16(2)27-29(20)18-7-5-4-6-8-18/h4-8,17H,3,9-12,14-15H2,1-2H3,(H,26,32). The molecular weight excluding hydrogens is 422 g/mol. The van der Waals surface area contributed by atoms with Crippen molar-refractivity contribution in [3.63, 3.8) is 0 Å². The minimum Gasteiger partial charge on any atom is -0.458 e. The number of amides is 3. The number of nitrogens with one attached hydrogen (secondary N) is 1. The van der Waals surface area contributed by atoms with Crippen LogP contribution in [-0.4, -0.2) is 44.7 Å². The summed E-state index contributed by atoms with van der Waals surface area (Å²) in [5, 5.41) is 16.8. The first-order valence-electron chi connectivity index (χ1n) is 11.2. The zero-order valence-corrected chi connectivity index (χ0v) is 18.8. The first kappa shape index (κ1) is 22.5. The Labute approximate surface area is 192 Å². The molecule has 2 fully saturated rings. The Balaban J connectivity index is 1.44. The van der Waals surface area contributed by atoms with Crippen LogP contribution in [0.1, 0.15) is 56.0 Å². The van der Waals surface area contributed by atoms with Gasteiger partial charge in [-0.15, -0.1) is 0 Å². The molecule has 2 aromatic rings. The van der Waals surface area contributed by atoms with Crippen molar-refractivity contribution in [3.8, 4) is 11.8 Å². The molecule has 0 radical (unpaired) electrons. The van der Waals surface area contributed by atoms with Crippen LogP contribution in [0.5, 0.6) is 0 Å². The summed E-state index contributed by atoms with van der Waals surface area (Å²) >= 11 is 0. The van der Waals surface area contributed by atoms with Crippen molar-refractivity contribution in [2.75, 3.05) is 6.54 Å². The van der Waals surface area contributed by atoms with Gasteiger partial charge in [0.25, 0.3) is 5.91 Å². The van der Waals surface area contributed by atoms with Crippen LogP contribution in [0, 0.1) is 24.2 Å². The summed E-state index contributed by atoms with van der Waals surface area (Å²) in [6.45, 7) is 3.17. The monoisotopic (exact) mass is 449 g/mol. The van der Waals surface area contributed by atoms with Crippen LogP contribution in [-0.2, 0) is 20.9 Å². The van der Waals surface area contributed by atoms with E-state index >= 15 is 0 Å². The van der Waals surface area contributed by atoms with Crippen LogP contribution in [0.15, 0.2) is 30.3 Å². The first-order valence-corrected chi connectivity index (χ1v) is 11.2. The van der Waals surface area contributed by atoms with E-state index in [1.54, 1.807) is 11.6 Å². The van der Waals surface area contributed by atoms with E-state index in [9.17, 15) is 19.6 Å². The molecule has 9 nitrogen and oxygen atoms in total. The first-order chi connectivity index (χ1) is 15.9. The highest BCUT2D eigenvalue weighted by Crippen LogP contribution is 2.37. The van der Waals surface area contributed by atoms with Crippen LogP contribution in [0.3, 0.4) is 0 Å². The zero-order valence-electron chi connectivity index (χ0n) is 18.8. The third-order valence-corrected chi connectivity index (χ3v) is 6.71. The van der Waals surface area contributed by atoms with Crippen molar-refractivity contribution in [1.29, 1.82) is 5.26 Å². The van der Waals surface area contributed by atoms with Crippen LogP contribution in [0.25, 0.3) is 5.69 Å². The van der Waals surface area contributed by atoms with E-state index in [1.807, 2.05) is 30.3 Å². The molecule has 2 aliphatic rings. The van der Waals surface area contributed by atoms with Crippen molar-refractivity contribution in [2.45, 2.75) is 58.1 Å². The highest BCUT2D eigenvalue weighted by atomic mass is 16.5. The lowest BCUT2D eigenvalue weighted by molar-refractivity contribution is -0.149. The Kier molecular flexibility index (Phi) is 6.18. The molecule has 0 atom stereocenters. The van der Waals surface area contributed by atoms with Gasteiger partial charge < -0.3 is 10.1 Å². The van der Waals surface area contributed by atoms with Gasteiger partial charge in [0.2, 0.25) is 0 Å². The lowest BCUT2D eigenvalue weighted by atomic mass is 9.75. The molecule has 172 valence electrons. The largest absolute Gasteiger partial charge is 0.458 e. The average molecular weight is 450 g/mol. The number of hydrogen-bond acceptors (Lipinski definition) is 6. The molecule has 0 bridgehead atoms. The maximum Gasteiger partial charge on any atom is 0.326 e. The predicted octanol–water partition coefficient (Wildman–Crippen LogP) is 2.99. The number of ether oxygens (including phenoxy) is 1. The number of aromatic nitrogens is 2. The summed E-state index contributed by atoms with van der Waals surface area (Å²) in [5.41, 5.74) is 1.10. The molecule has 9 heteroatoms. The molecule has 0 unspecified atom stereocenters. The van der Waals surface area contributed by atoms with E-state index in [0.29, 0.717) is 35.7 Å². The zero-order chi connectivity index (χ0) is 23.6. The second-order valence-electron chi connectivity index (χ2n) is 8.68. The molecular formula is C24H27N5O4. The fraction of sp³-hybridized carbons (Fsp3) is 0.458. The number of carbonyl (C=O) groups is 3. The number of hydrogen-bond donors (Lipinski definition) is 1. The number of esters is 1. The fourth-order valence-corrected chi connectivity index (χ4v) is 4.70. The molecule has 1 N–H and O–H groups in total. The van der Waals surface area contributed by atoms with Crippen molar-refractivity contribution in [2.24, 2.45) is 5.92 Å². The van der Waals surface area contributed by atoms with E-state index in [1.165, 1.54) is 0 Å². The SMILES string of the molecule is CCC1CCC2(CC1)NC(=O)N(CC(=O)OCc1c(C#N)c(C)nn1-c1ccccc1)C2=O. The smallest absolute Gasteiger partial charge is 0.326 e. The van der Waals surface area contributed by atoms with Crippen molar-refractivity contribution < 1.29 is 19.1 Å². The number of urea groups is 1. The Bertz CT molecular complexity index is 1110. The van der Waals surface area contributed by atoms with E-state index in [2.05, 4.69) is 23.4 Å². The highest BCUT2D eigenvalue weighted by Gasteiger charge is 2.52. The molecule has 1 aliphatic carbocycles. The third kappa shape index (κ3) is 4.21. The molecule has 3 amide bonds. The normalized spacial score (nSPS) is 22.3. The number of benzene rings is 1. The van der Waals surface area contributed by atoms with Crippen molar-refractivity contribution in [1.82, 2.24) is 20.0 Å². The summed E-state index contributed by atoms with van der Waals surface area (Å²) in [6.07, 6.45) is 3.98. The Hall–Kier alpha value is -3.67. The average Bonchev–Trinajstić information content (AvgIpc) is 3.27. The molecule has 1 saturated heterocycles. The lowest BCUT2D eigenvalue weighted by Crippen LogP contribution is -2.49. The van der Waals surface area contributed by atoms with Crippen molar-refractivity contribution in [3.05, 3.63) is 47.3 Å². The van der Waals surface area contributed by atoms with E-state index in [4.69, 9.17) is 4.74 Å². The van der Waals surface area contributed by atoms with Gasteiger partial charge in [-0.1, -0.05) is 31.5 Å². The molecule has 2 heterocycles. The van der Waals surface area contributed by atoms with E-state index < -0.39 is 24.1 Å². The Morgan fingerprint density at radius 2 is 1.97 bits per heavy atom. The Morgan fingerprint density at radius 1 is 1.27 bits per heavy atom. The maximum atomic E-state index is 13.0.